The van der Waals surface area contributed by atoms with Gasteiger partial charge in [-0.15, -0.1) is 0 Å². The number of alkyl halides is 6. The van der Waals surface area contributed by atoms with Gasteiger partial charge in [0.25, 0.3) is 0 Å². The number of rotatable bonds is 8. The van der Waals surface area contributed by atoms with Crippen LogP contribution in [0.2, 0.25) is 0 Å². The summed E-state index contributed by atoms with van der Waals surface area (Å²) in [6.07, 6.45) is -9.42. The summed E-state index contributed by atoms with van der Waals surface area (Å²) in [5.74, 6) is -6.13. The molecule has 0 aliphatic carbocycles. The van der Waals surface area contributed by atoms with Crippen molar-refractivity contribution in [3.05, 3.63) is 137 Å². The Labute approximate surface area is 229 Å². The van der Waals surface area contributed by atoms with Crippen LogP contribution in [0, 0.1) is 11.6 Å². The molecule has 1 N–H and O–H groups in total. The highest BCUT2D eigenvalue weighted by molar-refractivity contribution is 5.84. The van der Waals surface area contributed by atoms with Gasteiger partial charge in [-0.2, -0.15) is 26.3 Å². The van der Waals surface area contributed by atoms with E-state index in [-0.39, 0.29) is 29.3 Å². The van der Waals surface area contributed by atoms with Gasteiger partial charge in [0, 0.05) is 6.54 Å². The fourth-order valence-corrected chi connectivity index (χ4v) is 4.70. The molecule has 0 spiro atoms. The van der Waals surface area contributed by atoms with Crippen molar-refractivity contribution in [2.45, 2.75) is 30.1 Å². The molecular weight excluding hydrogens is 556 g/mol. The molecule has 41 heavy (non-hydrogen) atoms. The van der Waals surface area contributed by atoms with Crippen molar-refractivity contribution in [3.63, 3.8) is 0 Å². The maximum absolute atomic E-state index is 14.7. The second kappa shape index (κ2) is 11.7. The third-order valence-corrected chi connectivity index (χ3v) is 6.63. The number of aromatic nitrogens is 1. The van der Waals surface area contributed by atoms with Crippen LogP contribution in [0.4, 0.5) is 35.1 Å². The molecule has 1 heterocycles. The summed E-state index contributed by atoms with van der Waals surface area (Å²) in [5, 5.41) is 2.24. The Balaban J connectivity index is 1.89. The lowest BCUT2D eigenvalue weighted by molar-refractivity contribution is -0.165. The van der Waals surface area contributed by atoms with E-state index in [4.69, 9.17) is 0 Å². The fraction of sp³-hybridized carbons (Fsp3) is 0.200. The van der Waals surface area contributed by atoms with Crippen LogP contribution in [-0.2, 0) is 22.8 Å². The maximum Gasteiger partial charge on any atom is 0.416 e. The summed E-state index contributed by atoms with van der Waals surface area (Å²) < 4.78 is 112. The first kappa shape index (κ1) is 29.7. The van der Waals surface area contributed by atoms with E-state index in [9.17, 15) is 39.9 Å². The topological polar surface area (TPSA) is 42.0 Å². The zero-order chi connectivity index (χ0) is 29.8. The van der Waals surface area contributed by atoms with Crippen LogP contribution in [0.15, 0.2) is 97.2 Å². The summed E-state index contributed by atoms with van der Waals surface area (Å²) in [7, 11) is 0. The SMILES string of the molecule is O=C(NC[C@@](Cc1ccccc1)(c1cc(F)cc(C(F)(F)F)c1)c1ccc(F)cn1)[C@@H](c1ccccc1)C(F)(F)F. The standard InChI is InChI=1S/C30H22F8N2O/c31-23-11-12-25(39-17-23)28(16-19-7-3-1-4-8-19,21-13-22(29(33,34)35)15-24(32)14-21)18-40-27(41)26(30(36,37)38)20-9-5-2-6-10-20/h1-15,17,26H,16,18H2,(H,40,41)/t26-,28+/m1/s1. The molecule has 0 unspecified atom stereocenters. The van der Waals surface area contributed by atoms with E-state index in [2.05, 4.69) is 10.3 Å². The highest BCUT2D eigenvalue weighted by Gasteiger charge is 2.47. The van der Waals surface area contributed by atoms with Gasteiger partial charge in [-0.1, -0.05) is 60.7 Å². The number of carbonyl (C=O) groups excluding carboxylic acids is 1. The molecule has 4 rings (SSSR count). The summed E-state index contributed by atoms with van der Waals surface area (Å²) >= 11 is 0. The number of hydrogen-bond acceptors (Lipinski definition) is 2. The molecule has 1 amide bonds. The number of hydrogen-bond donors (Lipinski definition) is 1. The zero-order valence-electron chi connectivity index (χ0n) is 21.1. The van der Waals surface area contributed by atoms with Gasteiger partial charge in [-0.25, -0.2) is 8.78 Å². The van der Waals surface area contributed by atoms with Gasteiger partial charge in [0.2, 0.25) is 5.91 Å². The molecule has 214 valence electrons. The fourth-order valence-electron chi connectivity index (χ4n) is 4.70. The maximum atomic E-state index is 14.7. The first-order valence-corrected chi connectivity index (χ1v) is 12.2. The van der Waals surface area contributed by atoms with Crippen molar-refractivity contribution in [1.82, 2.24) is 10.3 Å². The van der Waals surface area contributed by atoms with Crippen molar-refractivity contribution in [1.29, 1.82) is 0 Å². The van der Waals surface area contributed by atoms with Crippen molar-refractivity contribution < 1.29 is 39.9 Å². The Bertz CT molecular complexity index is 1470. The molecule has 0 saturated heterocycles. The Morgan fingerprint density at radius 2 is 1.37 bits per heavy atom. The molecule has 0 bridgehead atoms. The Kier molecular flexibility index (Phi) is 8.46. The average molecular weight is 579 g/mol. The van der Waals surface area contributed by atoms with E-state index in [1.807, 2.05) is 0 Å². The van der Waals surface area contributed by atoms with Crippen LogP contribution >= 0.6 is 0 Å². The van der Waals surface area contributed by atoms with Crippen molar-refractivity contribution in [2.24, 2.45) is 0 Å². The van der Waals surface area contributed by atoms with Gasteiger partial charge in [0.05, 0.1) is 22.9 Å². The van der Waals surface area contributed by atoms with E-state index >= 15 is 0 Å². The van der Waals surface area contributed by atoms with Gasteiger partial charge in [-0.3, -0.25) is 9.78 Å². The predicted molar refractivity (Wildman–Crippen MR) is 135 cm³/mol. The van der Waals surface area contributed by atoms with Crippen LogP contribution in [0.3, 0.4) is 0 Å². The highest BCUT2D eigenvalue weighted by Crippen LogP contribution is 2.40. The van der Waals surface area contributed by atoms with Gasteiger partial charge in [0.1, 0.15) is 11.6 Å². The molecule has 0 radical (unpaired) electrons. The number of benzene rings is 3. The molecule has 3 nitrogen and oxygen atoms in total. The summed E-state index contributed by atoms with van der Waals surface area (Å²) in [6, 6.07) is 18.3. The Morgan fingerprint density at radius 3 is 1.93 bits per heavy atom. The monoisotopic (exact) mass is 578 g/mol. The van der Waals surface area contributed by atoms with Crippen molar-refractivity contribution in [2.75, 3.05) is 6.54 Å². The third kappa shape index (κ3) is 6.90. The number of halogens is 8. The smallest absolute Gasteiger partial charge is 0.354 e. The molecule has 0 aliphatic heterocycles. The molecule has 2 atom stereocenters. The van der Waals surface area contributed by atoms with Crippen molar-refractivity contribution >= 4 is 5.91 Å². The average Bonchev–Trinajstić information content (AvgIpc) is 2.91. The Hall–Kier alpha value is -4.28. The number of nitrogens with zero attached hydrogens (tertiary/aromatic N) is 1. The molecule has 0 saturated carbocycles. The molecular formula is C30H22F8N2O. The third-order valence-electron chi connectivity index (χ3n) is 6.63. The number of carbonyl (C=O) groups is 1. The second-order valence-corrected chi connectivity index (χ2v) is 9.44. The van der Waals surface area contributed by atoms with Gasteiger partial charge in [0.15, 0.2) is 5.92 Å². The minimum absolute atomic E-state index is 0.0925. The molecule has 0 aliphatic rings. The predicted octanol–water partition coefficient (Wildman–Crippen LogP) is 7.37. The minimum atomic E-state index is -5.01. The van der Waals surface area contributed by atoms with Crippen molar-refractivity contribution in [3.8, 4) is 0 Å². The van der Waals surface area contributed by atoms with Crippen LogP contribution in [0.25, 0.3) is 0 Å². The molecule has 1 aromatic heterocycles. The first-order valence-electron chi connectivity index (χ1n) is 12.2. The lowest BCUT2D eigenvalue weighted by Crippen LogP contribution is -2.47. The number of nitrogens with one attached hydrogen (secondary N) is 1. The first-order chi connectivity index (χ1) is 19.3. The molecule has 4 aromatic rings. The van der Waals surface area contributed by atoms with Gasteiger partial charge < -0.3 is 5.32 Å². The number of pyridine rings is 1. The van der Waals surface area contributed by atoms with Crippen LogP contribution in [0.5, 0.6) is 0 Å². The lowest BCUT2D eigenvalue weighted by atomic mass is 9.72. The number of amides is 1. The highest BCUT2D eigenvalue weighted by atomic mass is 19.4. The minimum Gasteiger partial charge on any atom is -0.354 e. The van der Waals surface area contributed by atoms with E-state index in [0.29, 0.717) is 11.6 Å². The molecule has 11 heteroatoms. The molecule has 0 fully saturated rings. The molecule has 3 aromatic carbocycles. The quantitative estimate of drug-likeness (QED) is 0.222. The van der Waals surface area contributed by atoms with E-state index in [1.54, 1.807) is 30.3 Å². The van der Waals surface area contributed by atoms with Crippen LogP contribution < -0.4 is 5.32 Å². The Morgan fingerprint density at radius 1 is 0.756 bits per heavy atom. The van der Waals surface area contributed by atoms with E-state index in [0.717, 1.165) is 36.5 Å². The summed E-state index contributed by atoms with van der Waals surface area (Å²) in [5.41, 5.74) is -3.48. The second-order valence-electron chi connectivity index (χ2n) is 9.44. The van der Waals surface area contributed by atoms with Crippen LogP contribution in [0.1, 0.15) is 33.9 Å². The summed E-state index contributed by atoms with van der Waals surface area (Å²) in [4.78, 5) is 17.2. The normalized spacial score (nSPS) is 14.2. The van der Waals surface area contributed by atoms with Crippen LogP contribution in [-0.4, -0.2) is 23.6 Å². The van der Waals surface area contributed by atoms with Gasteiger partial charge >= 0.3 is 12.4 Å². The van der Waals surface area contributed by atoms with E-state index in [1.165, 1.54) is 18.2 Å². The van der Waals surface area contributed by atoms with Gasteiger partial charge in [-0.05, 0) is 53.4 Å². The summed E-state index contributed by atoms with van der Waals surface area (Å²) in [6.45, 7) is -0.723. The lowest BCUT2D eigenvalue weighted by Gasteiger charge is -2.36. The largest absolute Gasteiger partial charge is 0.416 e. The van der Waals surface area contributed by atoms with E-state index < -0.39 is 53.3 Å². The zero-order valence-corrected chi connectivity index (χ0v) is 21.1.